The van der Waals surface area contributed by atoms with E-state index < -0.39 is 0 Å². The van der Waals surface area contributed by atoms with Gasteiger partial charge in [0.25, 0.3) is 0 Å². The zero-order chi connectivity index (χ0) is 17.1. The lowest BCUT2D eigenvalue weighted by Gasteiger charge is -2.34. The molecule has 0 saturated carbocycles. The van der Waals surface area contributed by atoms with E-state index in [1.165, 1.54) is 22.3 Å². The van der Waals surface area contributed by atoms with Crippen LogP contribution in [0.4, 0.5) is 0 Å². The van der Waals surface area contributed by atoms with E-state index in [1.54, 1.807) is 21.1 Å². The number of carbonyl (C=O) groups excluding carboxylic acids is 1. The molecule has 0 aromatic carbocycles. The molecule has 3 rings (SSSR count). The van der Waals surface area contributed by atoms with Gasteiger partial charge in [-0.15, -0.1) is 0 Å². The van der Waals surface area contributed by atoms with Gasteiger partial charge in [0.1, 0.15) is 11.5 Å². The summed E-state index contributed by atoms with van der Waals surface area (Å²) in [6.45, 7) is 2.21. The van der Waals surface area contributed by atoms with Gasteiger partial charge in [-0.25, -0.2) is 0 Å². The Morgan fingerprint density at radius 3 is 2.83 bits per heavy atom. The fourth-order valence-electron chi connectivity index (χ4n) is 3.92. The van der Waals surface area contributed by atoms with Crippen LogP contribution in [-0.2, 0) is 14.3 Å². The third-order valence-electron chi connectivity index (χ3n) is 4.93. The lowest BCUT2D eigenvalue weighted by atomic mass is 9.73. The molecule has 0 bridgehead atoms. The molecule has 1 atom stereocenters. The highest BCUT2D eigenvalue weighted by Gasteiger charge is 2.33. The summed E-state index contributed by atoms with van der Waals surface area (Å²) in [7, 11) is 3.47. The molecule has 0 saturated heterocycles. The van der Waals surface area contributed by atoms with Crippen molar-refractivity contribution in [3.8, 4) is 0 Å². The summed E-state index contributed by atoms with van der Waals surface area (Å²) < 4.78 is 11.3. The van der Waals surface area contributed by atoms with Gasteiger partial charge in [0.2, 0.25) is 5.91 Å². The minimum atomic E-state index is 0.0107. The number of nitrogens with one attached hydrogen (secondary N) is 1. The summed E-state index contributed by atoms with van der Waals surface area (Å²) in [5, 5.41) is 2.91. The van der Waals surface area contributed by atoms with E-state index in [9.17, 15) is 4.79 Å². The molecule has 1 amide bonds. The van der Waals surface area contributed by atoms with Crippen molar-refractivity contribution in [2.75, 3.05) is 20.8 Å². The Hall–Kier alpha value is -2.23. The highest BCUT2D eigenvalue weighted by molar-refractivity contribution is 5.72. The average Bonchev–Trinajstić information content (AvgIpc) is 2.76. The van der Waals surface area contributed by atoms with Crippen molar-refractivity contribution in [1.82, 2.24) is 5.32 Å². The Balaban J connectivity index is 2.01. The summed E-state index contributed by atoms with van der Waals surface area (Å²) in [5.41, 5.74) is 5.26. The maximum atomic E-state index is 11.2. The molecule has 0 aromatic heterocycles. The molecule has 1 N–H and O–H groups in total. The highest BCUT2D eigenvalue weighted by Crippen LogP contribution is 2.47. The summed E-state index contributed by atoms with van der Waals surface area (Å²) in [5.74, 6) is 2.18. The lowest BCUT2D eigenvalue weighted by Crippen LogP contribution is -2.27. The zero-order valence-corrected chi connectivity index (χ0v) is 14.6. The Kier molecular flexibility index (Phi) is 4.93. The Morgan fingerprint density at radius 2 is 2.12 bits per heavy atom. The molecule has 24 heavy (non-hydrogen) atoms. The predicted octanol–water partition coefficient (Wildman–Crippen LogP) is 3.55. The topological polar surface area (TPSA) is 47.6 Å². The zero-order valence-electron chi connectivity index (χ0n) is 14.6. The molecule has 4 heteroatoms. The molecule has 4 nitrogen and oxygen atoms in total. The van der Waals surface area contributed by atoms with Crippen molar-refractivity contribution in [2.45, 2.75) is 32.6 Å². The largest absolute Gasteiger partial charge is 0.500 e. The third kappa shape index (κ3) is 3.05. The van der Waals surface area contributed by atoms with Crippen LogP contribution in [0.1, 0.15) is 32.6 Å². The molecule has 0 heterocycles. The maximum absolute atomic E-state index is 11.2. The number of hydrogen-bond acceptors (Lipinski definition) is 3. The van der Waals surface area contributed by atoms with Gasteiger partial charge in [0, 0.05) is 25.0 Å². The van der Waals surface area contributed by atoms with Gasteiger partial charge in [0.05, 0.1) is 14.2 Å². The van der Waals surface area contributed by atoms with Crippen molar-refractivity contribution >= 4 is 5.91 Å². The van der Waals surface area contributed by atoms with Crippen molar-refractivity contribution in [1.29, 1.82) is 0 Å². The summed E-state index contributed by atoms with van der Waals surface area (Å²) >= 11 is 0. The van der Waals surface area contributed by atoms with E-state index >= 15 is 0 Å². The van der Waals surface area contributed by atoms with Crippen LogP contribution in [-0.4, -0.2) is 26.7 Å². The van der Waals surface area contributed by atoms with Crippen molar-refractivity contribution in [3.63, 3.8) is 0 Å². The highest BCUT2D eigenvalue weighted by atomic mass is 16.5. The van der Waals surface area contributed by atoms with E-state index in [0.29, 0.717) is 6.54 Å². The molecule has 1 unspecified atom stereocenters. The number of ether oxygens (including phenoxy) is 2. The van der Waals surface area contributed by atoms with Gasteiger partial charge in [-0.3, -0.25) is 4.79 Å². The van der Waals surface area contributed by atoms with Crippen LogP contribution in [0.25, 0.3) is 0 Å². The first kappa shape index (κ1) is 16.6. The van der Waals surface area contributed by atoms with E-state index in [4.69, 9.17) is 9.47 Å². The van der Waals surface area contributed by atoms with Crippen LogP contribution in [0.3, 0.4) is 0 Å². The summed E-state index contributed by atoms with van der Waals surface area (Å²) in [6.07, 6.45) is 12.5. The van der Waals surface area contributed by atoms with Gasteiger partial charge in [0.15, 0.2) is 0 Å². The van der Waals surface area contributed by atoms with Crippen LogP contribution in [0.15, 0.2) is 58.1 Å². The maximum Gasteiger partial charge on any atom is 0.216 e. The van der Waals surface area contributed by atoms with Crippen LogP contribution < -0.4 is 5.32 Å². The van der Waals surface area contributed by atoms with Gasteiger partial charge in [-0.05, 0) is 49.0 Å². The summed E-state index contributed by atoms with van der Waals surface area (Å²) in [4.78, 5) is 11.2. The molecular weight excluding hydrogens is 302 g/mol. The lowest BCUT2D eigenvalue weighted by molar-refractivity contribution is -0.118. The van der Waals surface area contributed by atoms with Crippen LogP contribution >= 0.6 is 0 Å². The van der Waals surface area contributed by atoms with Gasteiger partial charge in [-0.1, -0.05) is 17.7 Å². The number of allylic oxidation sites excluding steroid dienone is 8. The van der Waals surface area contributed by atoms with Crippen LogP contribution in [0.2, 0.25) is 0 Å². The number of methoxy groups -OCH3 is 2. The quantitative estimate of drug-likeness (QED) is 0.840. The third-order valence-corrected chi connectivity index (χ3v) is 4.93. The van der Waals surface area contributed by atoms with E-state index in [0.717, 1.165) is 37.2 Å². The number of amides is 1. The normalized spacial score (nSPS) is 22.4. The molecule has 3 aliphatic rings. The van der Waals surface area contributed by atoms with Crippen molar-refractivity contribution in [3.05, 3.63) is 58.1 Å². The van der Waals surface area contributed by atoms with Crippen molar-refractivity contribution < 1.29 is 14.3 Å². The van der Waals surface area contributed by atoms with Crippen molar-refractivity contribution in [2.24, 2.45) is 5.92 Å². The van der Waals surface area contributed by atoms with Gasteiger partial charge >= 0.3 is 0 Å². The average molecular weight is 327 g/mol. The first-order valence-electron chi connectivity index (χ1n) is 8.55. The standard InChI is InChI=1S/C20H25NO3/c1-13(22)21-11-10-15-16-7-5-8-17-18(23-2)9-4-6-14(20(16)17)12-19(15)24-3/h4,6,9,12,15H,5,7-8,10-11H2,1-3H3,(H,21,22). The molecule has 0 radical (unpaired) electrons. The Morgan fingerprint density at radius 1 is 1.29 bits per heavy atom. The monoisotopic (exact) mass is 327 g/mol. The van der Waals surface area contributed by atoms with E-state index in [2.05, 4.69) is 17.5 Å². The Labute approximate surface area is 143 Å². The molecule has 0 fully saturated rings. The number of rotatable bonds is 5. The second-order valence-electron chi connectivity index (χ2n) is 6.36. The molecule has 0 aromatic rings. The minimum absolute atomic E-state index is 0.0107. The second-order valence-corrected chi connectivity index (χ2v) is 6.36. The fourth-order valence-corrected chi connectivity index (χ4v) is 3.92. The number of hydrogen-bond donors (Lipinski definition) is 1. The SMILES string of the molecule is COC1=CC2=CC=CC(OC)=C3CCCC(=C23)C1CCNC(C)=O. The minimum Gasteiger partial charge on any atom is -0.500 e. The second kappa shape index (κ2) is 7.12. The fraction of sp³-hybridized carbons (Fsp3) is 0.450. The predicted molar refractivity (Wildman–Crippen MR) is 94.0 cm³/mol. The Bertz CT molecular complexity index is 692. The van der Waals surface area contributed by atoms with Gasteiger partial charge in [-0.2, -0.15) is 0 Å². The number of carbonyl (C=O) groups is 1. The van der Waals surface area contributed by atoms with Crippen LogP contribution in [0.5, 0.6) is 0 Å². The smallest absolute Gasteiger partial charge is 0.216 e. The molecule has 0 aliphatic heterocycles. The molecule has 0 spiro atoms. The van der Waals surface area contributed by atoms with E-state index in [1.807, 2.05) is 12.2 Å². The molecular formula is C20H25NO3. The first-order valence-corrected chi connectivity index (χ1v) is 8.55. The molecule has 3 aliphatic carbocycles. The van der Waals surface area contributed by atoms with Crippen LogP contribution in [0, 0.1) is 5.92 Å². The van der Waals surface area contributed by atoms with E-state index in [-0.39, 0.29) is 11.8 Å². The summed E-state index contributed by atoms with van der Waals surface area (Å²) in [6, 6.07) is 0. The molecule has 128 valence electrons. The van der Waals surface area contributed by atoms with Gasteiger partial charge < -0.3 is 14.8 Å². The first-order chi connectivity index (χ1) is 11.7.